The number of allylic oxidation sites excluding steroid dienone is 2. The topological polar surface area (TPSA) is 66.0 Å². The number of ether oxygens (including phenoxy) is 1. The Balaban J connectivity index is 1.39. The van der Waals surface area contributed by atoms with E-state index >= 15 is 0 Å². The minimum absolute atomic E-state index is 0.0209. The molecular weight excluding hydrogens is 436 g/mol. The second-order valence-corrected chi connectivity index (χ2v) is 9.91. The molecular formula is C29H44N4O2. The van der Waals surface area contributed by atoms with E-state index in [0.717, 1.165) is 79.6 Å². The molecule has 2 aliphatic heterocycles. The second kappa shape index (κ2) is 13.5. The van der Waals surface area contributed by atoms with Crippen molar-refractivity contribution in [1.29, 1.82) is 0 Å². The van der Waals surface area contributed by atoms with E-state index in [2.05, 4.69) is 47.0 Å². The normalized spacial score (nSPS) is 19.4. The van der Waals surface area contributed by atoms with E-state index < -0.39 is 0 Å². The van der Waals surface area contributed by atoms with Crippen molar-refractivity contribution in [3.63, 3.8) is 0 Å². The molecule has 6 nitrogen and oxygen atoms in total. The molecule has 1 atom stereocenters. The average Bonchev–Trinajstić information content (AvgIpc) is 3.35. The van der Waals surface area contributed by atoms with Gasteiger partial charge in [-0.05, 0) is 101 Å². The van der Waals surface area contributed by atoms with Crippen LogP contribution in [0.2, 0.25) is 0 Å². The lowest BCUT2D eigenvalue weighted by Gasteiger charge is -2.33. The third-order valence-electron chi connectivity index (χ3n) is 7.29. The molecule has 1 amide bonds. The smallest absolute Gasteiger partial charge is 0.252 e. The van der Waals surface area contributed by atoms with Crippen LogP contribution in [-0.2, 0) is 0 Å². The van der Waals surface area contributed by atoms with Crippen LogP contribution in [0.1, 0.15) is 73.9 Å². The van der Waals surface area contributed by atoms with E-state index in [4.69, 9.17) is 4.74 Å². The van der Waals surface area contributed by atoms with Gasteiger partial charge in [0.1, 0.15) is 11.6 Å². The molecule has 2 heterocycles. The maximum absolute atomic E-state index is 12.7. The highest BCUT2D eigenvalue weighted by atomic mass is 16.5. The Kier molecular flexibility index (Phi) is 10.4. The van der Waals surface area contributed by atoms with Gasteiger partial charge in [-0.1, -0.05) is 19.6 Å². The predicted molar refractivity (Wildman–Crippen MR) is 145 cm³/mol. The second-order valence-electron chi connectivity index (χ2n) is 9.91. The van der Waals surface area contributed by atoms with E-state index in [0.29, 0.717) is 6.61 Å². The van der Waals surface area contributed by atoms with Crippen molar-refractivity contribution in [2.45, 2.75) is 72.3 Å². The molecule has 0 spiro atoms. The summed E-state index contributed by atoms with van der Waals surface area (Å²) in [6.45, 7) is 16.9. The highest BCUT2D eigenvalue weighted by Gasteiger charge is 2.21. The van der Waals surface area contributed by atoms with Gasteiger partial charge in [0.25, 0.3) is 5.91 Å². The van der Waals surface area contributed by atoms with Crippen molar-refractivity contribution in [1.82, 2.24) is 15.5 Å². The Morgan fingerprint density at radius 1 is 1.26 bits per heavy atom. The monoisotopic (exact) mass is 480 g/mol. The number of likely N-dealkylation sites (tertiary alicyclic amines) is 1. The van der Waals surface area contributed by atoms with Crippen LogP contribution in [0.3, 0.4) is 0 Å². The van der Waals surface area contributed by atoms with Gasteiger partial charge in [0.2, 0.25) is 0 Å². The summed E-state index contributed by atoms with van der Waals surface area (Å²) in [5.41, 5.74) is 3.96. The van der Waals surface area contributed by atoms with Gasteiger partial charge < -0.3 is 20.3 Å². The predicted octanol–water partition coefficient (Wildman–Crippen LogP) is 5.16. The van der Waals surface area contributed by atoms with Crippen LogP contribution in [0, 0.1) is 19.8 Å². The Hall–Kier alpha value is -2.60. The van der Waals surface area contributed by atoms with E-state index in [9.17, 15) is 4.79 Å². The molecule has 1 unspecified atom stereocenters. The quantitative estimate of drug-likeness (QED) is 0.339. The van der Waals surface area contributed by atoms with E-state index in [1.54, 1.807) is 0 Å². The number of aryl methyl sites for hydroxylation is 2. The molecule has 2 aliphatic rings. The van der Waals surface area contributed by atoms with Gasteiger partial charge in [0.15, 0.2) is 0 Å². The van der Waals surface area contributed by atoms with Crippen molar-refractivity contribution >= 4 is 12.1 Å². The third-order valence-corrected chi connectivity index (χ3v) is 7.29. The lowest BCUT2D eigenvalue weighted by molar-refractivity contribution is 0.0938. The maximum Gasteiger partial charge on any atom is 0.252 e. The Morgan fingerprint density at radius 2 is 1.97 bits per heavy atom. The summed E-state index contributed by atoms with van der Waals surface area (Å²) < 4.78 is 6.07. The van der Waals surface area contributed by atoms with E-state index in [1.807, 2.05) is 32.2 Å². The summed E-state index contributed by atoms with van der Waals surface area (Å²) >= 11 is 0. The third kappa shape index (κ3) is 7.96. The molecule has 6 heteroatoms. The van der Waals surface area contributed by atoms with E-state index in [-0.39, 0.29) is 11.9 Å². The molecule has 1 aromatic carbocycles. The summed E-state index contributed by atoms with van der Waals surface area (Å²) in [6, 6.07) is 4.22. The largest absolute Gasteiger partial charge is 0.494 e. The van der Waals surface area contributed by atoms with Crippen molar-refractivity contribution in [3.05, 3.63) is 52.9 Å². The number of nitrogens with zero attached hydrogens (tertiary/aromatic N) is 2. The van der Waals surface area contributed by atoms with Crippen molar-refractivity contribution in [2.24, 2.45) is 10.9 Å². The van der Waals surface area contributed by atoms with Crippen molar-refractivity contribution in [2.75, 3.05) is 32.8 Å². The Morgan fingerprint density at radius 3 is 2.57 bits per heavy atom. The van der Waals surface area contributed by atoms with Gasteiger partial charge in [0, 0.05) is 37.5 Å². The summed E-state index contributed by atoms with van der Waals surface area (Å²) in [7, 11) is 0. The molecule has 192 valence electrons. The Labute approximate surface area is 211 Å². The van der Waals surface area contributed by atoms with Gasteiger partial charge in [-0.15, -0.1) is 0 Å². The number of nitrogens with one attached hydrogen (secondary N) is 2. The zero-order valence-electron chi connectivity index (χ0n) is 22.2. The first-order chi connectivity index (χ1) is 16.9. The fraction of sp³-hybridized carbons (Fsp3) is 0.586. The first kappa shape index (κ1) is 27.0. The first-order valence-electron chi connectivity index (χ1n) is 13.3. The minimum Gasteiger partial charge on any atom is -0.494 e. The highest BCUT2D eigenvalue weighted by molar-refractivity contribution is 5.97. The molecule has 1 aromatic rings. The molecule has 0 aliphatic carbocycles. The first-order valence-corrected chi connectivity index (χ1v) is 13.3. The van der Waals surface area contributed by atoms with Crippen LogP contribution in [0.4, 0.5) is 0 Å². The number of piperidine rings is 1. The zero-order chi connectivity index (χ0) is 25.2. The van der Waals surface area contributed by atoms with Crippen molar-refractivity contribution in [3.8, 4) is 5.75 Å². The van der Waals surface area contributed by atoms with Gasteiger partial charge in [-0.25, -0.2) is 4.99 Å². The number of amides is 1. The molecule has 35 heavy (non-hydrogen) atoms. The van der Waals surface area contributed by atoms with Crippen LogP contribution >= 0.6 is 0 Å². The molecule has 2 N–H and O–H groups in total. The molecule has 2 saturated heterocycles. The Bertz CT molecular complexity index is 900. The number of aliphatic imine (C=N–C) groups is 1. The number of rotatable bonds is 11. The zero-order valence-corrected chi connectivity index (χ0v) is 22.2. The van der Waals surface area contributed by atoms with Gasteiger partial charge in [-0.3, -0.25) is 4.79 Å². The number of hydrogen-bond acceptors (Lipinski definition) is 5. The number of hydrogen-bond donors (Lipinski definition) is 2. The lowest BCUT2D eigenvalue weighted by atomic mass is 9.92. The van der Waals surface area contributed by atoms with Crippen LogP contribution in [-0.4, -0.2) is 55.8 Å². The van der Waals surface area contributed by atoms with Gasteiger partial charge in [-0.2, -0.15) is 0 Å². The summed E-state index contributed by atoms with van der Waals surface area (Å²) in [6.07, 6.45) is 10.6. The molecule has 3 rings (SSSR count). The molecule has 0 saturated carbocycles. The van der Waals surface area contributed by atoms with Crippen molar-refractivity contribution < 1.29 is 9.53 Å². The lowest BCUT2D eigenvalue weighted by Crippen LogP contribution is -2.36. The van der Waals surface area contributed by atoms with E-state index in [1.165, 1.54) is 24.8 Å². The summed E-state index contributed by atoms with van der Waals surface area (Å²) in [4.78, 5) is 19.6. The molecule has 0 radical (unpaired) electrons. The average molecular weight is 481 g/mol. The molecule has 2 fully saturated rings. The summed E-state index contributed by atoms with van der Waals surface area (Å²) in [5.74, 6) is 2.48. The minimum atomic E-state index is 0.0209. The fourth-order valence-corrected chi connectivity index (χ4v) is 5.05. The van der Waals surface area contributed by atoms with Gasteiger partial charge >= 0.3 is 0 Å². The van der Waals surface area contributed by atoms with Crippen LogP contribution in [0.5, 0.6) is 5.75 Å². The summed E-state index contributed by atoms with van der Waals surface area (Å²) in [5, 5.41) is 6.44. The number of carbonyl (C=O) groups is 1. The van der Waals surface area contributed by atoms with Crippen LogP contribution in [0.25, 0.3) is 0 Å². The maximum atomic E-state index is 12.7. The number of carbonyl (C=O) groups excluding carboxylic acids is 1. The fourth-order valence-electron chi connectivity index (χ4n) is 5.05. The molecule has 0 aromatic heterocycles. The molecule has 0 bridgehead atoms. The van der Waals surface area contributed by atoms with Crippen LogP contribution < -0.4 is 15.4 Å². The highest BCUT2D eigenvalue weighted by Crippen LogP contribution is 2.26. The van der Waals surface area contributed by atoms with Crippen LogP contribution in [0.15, 0.2) is 41.2 Å². The SMILES string of the molecule is C=C(/N=C\C(=C/C)CC)N1CCC(CCCOc2cc(C)c(C(=O)NC3CCNC3)c(C)c2)CC1. The standard InChI is InChI=1S/C29H44N4O2/c1-6-24(7-2)19-31-23(5)33-14-11-25(12-15-33)9-8-16-35-27-17-21(3)28(22(4)18-27)29(34)32-26-10-13-30-20-26/h6,17-19,25-26,30H,5,7-16,20H2,1-4H3,(H,32,34)/b24-6-,31-19-. The number of benzene rings is 1. The van der Waals surface area contributed by atoms with Gasteiger partial charge in [0.05, 0.1) is 6.61 Å².